The second-order valence-corrected chi connectivity index (χ2v) is 23.0. The molecule has 0 amide bonds. The maximum Gasteiger partial charge on any atom is 0.187 e. The first kappa shape index (κ1) is 60.5. The summed E-state index contributed by atoms with van der Waals surface area (Å²) in [5.41, 5.74) is 6.10. The third kappa shape index (κ3) is 13.9. The van der Waals surface area contributed by atoms with Crippen LogP contribution in [-0.2, 0) is 95.6 Å². The van der Waals surface area contributed by atoms with Crippen LogP contribution in [-0.4, -0.2) is 126 Å². The summed E-state index contributed by atoms with van der Waals surface area (Å²) in [6.45, 7) is 0.865. The molecule has 14 rings (SSSR count). The van der Waals surface area contributed by atoms with Crippen molar-refractivity contribution in [3.63, 3.8) is 0 Å². The highest BCUT2D eigenvalue weighted by Crippen LogP contribution is 2.44. The van der Waals surface area contributed by atoms with Crippen LogP contribution in [0.2, 0.25) is 0 Å². The number of methoxy groups -OCH3 is 1. The monoisotopic (exact) mass is 1220 g/mol. The van der Waals surface area contributed by atoms with E-state index in [-0.39, 0.29) is 46.2 Å². The molecule has 90 heavy (non-hydrogen) atoms. The summed E-state index contributed by atoms with van der Waals surface area (Å²) in [5.74, 6) is 6.74. The number of fused-ring (bicyclic) bond motifs is 4. The Hall–Kier alpha value is -7.06. The lowest BCUT2D eigenvalue weighted by molar-refractivity contribution is -0.427. The van der Waals surface area contributed by atoms with Gasteiger partial charge in [-0.3, -0.25) is 0 Å². The molecule has 6 heterocycles. The molecule has 6 fully saturated rings. The fourth-order valence-corrected chi connectivity index (χ4v) is 12.6. The topological polar surface area (TPSA) is 148 Å². The van der Waals surface area contributed by atoms with Gasteiger partial charge in [-0.25, -0.2) is 0 Å². The Labute approximate surface area is 523 Å². The second-order valence-electron chi connectivity index (χ2n) is 23.0. The van der Waals surface area contributed by atoms with E-state index in [2.05, 4.69) is 30.0 Å². The average molecular weight is 1220 g/mol. The fraction of sp³-hybridized carbons (Fsp3) is 0.351. The molecule has 0 aliphatic carbocycles. The predicted molar refractivity (Wildman–Crippen MR) is 328 cm³/mol. The first-order valence-corrected chi connectivity index (χ1v) is 30.9. The van der Waals surface area contributed by atoms with Crippen molar-refractivity contribution in [1.29, 1.82) is 0 Å². The van der Waals surface area contributed by atoms with Gasteiger partial charge < -0.3 is 75.8 Å². The Balaban J connectivity index is 0.857. The van der Waals surface area contributed by atoms with E-state index in [0.29, 0.717) is 0 Å². The number of hydrogen-bond acceptors (Lipinski definition) is 16. The van der Waals surface area contributed by atoms with Gasteiger partial charge in [-0.15, -0.1) is 0 Å². The van der Waals surface area contributed by atoms with Gasteiger partial charge in [0.15, 0.2) is 37.7 Å². The van der Waals surface area contributed by atoms with Crippen LogP contribution in [0.3, 0.4) is 0 Å². The van der Waals surface area contributed by atoms with Crippen molar-refractivity contribution in [3.8, 4) is 11.8 Å². The molecule has 0 saturated carbocycles. The minimum atomic E-state index is -1.23. The van der Waals surface area contributed by atoms with Crippen molar-refractivity contribution in [2.24, 2.45) is 0 Å². The van der Waals surface area contributed by atoms with Gasteiger partial charge in [0, 0.05) is 29.4 Å². The lowest BCUT2D eigenvalue weighted by atomic mass is 9.94. The lowest BCUT2D eigenvalue weighted by Gasteiger charge is -2.54. The molecular weight excluding hydrogens is 1140 g/mol. The minimum Gasteiger partial charge on any atom is -0.365 e. The molecule has 16 nitrogen and oxygen atoms in total. The maximum atomic E-state index is 7.71. The van der Waals surface area contributed by atoms with E-state index in [1.54, 1.807) is 7.11 Å². The van der Waals surface area contributed by atoms with E-state index in [9.17, 15) is 0 Å². The van der Waals surface area contributed by atoms with Crippen molar-refractivity contribution < 1.29 is 75.8 Å². The van der Waals surface area contributed by atoms with Gasteiger partial charge in [0.05, 0.1) is 39.6 Å². The Bertz CT molecular complexity index is 3570. The van der Waals surface area contributed by atoms with Gasteiger partial charge in [0.2, 0.25) is 0 Å². The van der Waals surface area contributed by atoms with Gasteiger partial charge in [0.25, 0.3) is 0 Å². The zero-order valence-electron chi connectivity index (χ0n) is 49.7. The summed E-state index contributed by atoms with van der Waals surface area (Å²) < 4.78 is 112. The van der Waals surface area contributed by atoms with E-state index in [0.717, 1.165) is 49.7 Å². The number of rotatable bonds is 19. The normalized spacial score (nSPS) is 31.5. The van der Waals surface area contributed by atoms with Gasteiger partial charge >= 0.3 is 0 Å². The van der Waals surface area contributed by atoms with Crippen molar-refractivity contribution in [3.05, 3.63) is 263 Å². The van der Waals surface area contributed by atoms with E-state index in [1.807, 2.05) is 206 Å². The van der Waals surface area contributed by atoms with E-state index < -0.39 is 111 Å². The molecule has 8 aromatic rings. The van der Waals surface area contributed by atoms with Crippen LogP contribution in [0.4, 0.5) is 0 Å². The Morgan fingerprint density at radius 3 is 1.17 bits per heavy atom. The molecular formula is C74H72O16. The lowest BCUT2D eigenvalue weighted by Crippen LogP contribution is -2.69. The standard InChI is InChI=1S/C74H72O16/c1-75-72-67(78-43-49-26-10-3-11-27-49)64(61-58(83-72)46-81-70(87-61)54-33-16-6-17-34-54)89-74-68(79-44-50-28-12-4-13-29-50)65(62-59(85-74)47-82-71(88-62)55-35-18-7-19-36-55)90-73-66(77-42-48-24-8-2-9-25-48)63(60-57(84-73)45-80-69(86-60)53-31-14-5-15-32-53)76-41-23-39-52-38-22-37-51-30-20-21-40-56(51)52/h2-22,24-38,40,57-74H,41-47H2,1H3/t57-,58-,59-,60-,61-,62-,63+,64+,65+,66+,67+,68+,69-,70-,71-,72-,73+,74+/m1/s1. The molecule has 8 aromatic carbocycles. The van der Waals surface area contributed by atoms with Crippen molar-refractivity contribution >= 4 is 10.8 Å². The zero-order valence-corrected chi connectivity index (χ0v) is 49.7. The molecule has 16 heteroatoms. The summed E-state index contributed by atoms with van der Waals surface area (Å²) in [6.07, 6.45) is -16.0. The summed E-state index contributed by atoms with van der Waals surface area (Å²) in [7, 11) is 1.58. The minimum absolute atomic E-state index is 0.0105. The third-order valence-electron chi connectivity index (χ3n) is 17.1. The Morgan fingerprint density at radius 2 is 0.722 bits per heavy atom. The highest BCUT2D eigenvalue weighted by Gasteiger charge is 2.60. The Kier molecular flexibility index (Phi) is 19.5. The van der Waals surface area contributed by atoms with Gasteiger partial charge in [-0.2, -0.15) is 0 Å². The molecule has 464 valence electrons. The molecule has 0 unspecified atom stereocenters. The molecule has 6 saturated heterocycles. The quantitative estimate of drug-likeness (QED) is 0.0707. The third-order valence-corrected chi connectivity index (χ3v) is 17.1. The Morgan fingerprint density at radius 1 is 0.356 bits per heavy atom. The fourth-order valence-electron chi connectivity index (χ4n) is 12.6. The molecule has 0 aromatic heterocycles. The maximum absolute atomic E-state index is 7.71. The summed E-state index contributed by atoms with van der Waals surface area (Å²) in [5, 5.41) is 2.13. The highest BCUT2D eigenvalue weighted by molar-refractivity contribution is 5.88. The van der Waals surface area contributed by atoms with E-state index in [1.165, 1.54) is 0 Å². The van der Waals surface area contributed by atoms with Crippen LogP contribution in [0, 0.1) is 11.8 Å². The molecule has 0 bridgehead atoms. The molecule has 6 aliphatic rings. The van der Waals surface area contributed by atoms with Gasteiger partial charge in [-0.1, -0.05) is 230 Å². The number of hydrogen-bond donors (Lipinski definition) is 0. The largest absolute Gasteiger partial charge is 0.365 e. The summed E-state index contributed by atoms with van der Waals surface area (Å²) >= 11 is 0. The average Bonchev–Trinajstić information content (AvgIpc) is 1.50. The molecule has 18 atom stereocenters. The van der Waals surface area contributed by atoms with Crippen LogP contribution in [0.5, 0.6) is 0 Å². The van der Waals surface area contributed by atoms with E-state index >= 15 is 0 Å². The SMILES string of the molecule is CO[C@@H]1O[C@@H]2CO[C@@H](c3ccccc3)O[C@H]2[C@H](O[C@@H]2O[C@@H]3CO[C@@H](c4ccccc4)O[C@H]3[C@H](O[C@@H]3O[C@@H]4CO[C@@H](c5ccccc5)O[C@H]4[C@H](OCC#Cc4cccc5ccccc45)[C@@H]3OCc3ccccc3)[C@@H]2OCc2ccccc2)[C@@H]1OCc1ccccc1. The number of benzene rings is 8. The molecule has 0 spiro atoms. The van der Waals surface area contributed by atoms with E-state index in [4.69, 9.17) is 75.8 Å². The first-order valence-electron chi connectivity index (χ1n) is 30.9. The first-order chi connectivity index (χ1) is 44.6. The van der Waals surface area contributed by atoms with Crippen molar-refractivity contribution in [1.82, 2.24) is 0 Å². The van der Waals surface area contributed by atoms with Crippen LogP contribution in [0.15, 0.2) is 224 Å². The molecule has 6 aliphatic heterocycles. The predicted octanol–water partition coefficient (Wildman–Crippen LogP) is 11.3. The summed E-state index contributed by atoms with van der Waals surface area (Å²) in [6, 6.07) is 73.5. The zero-order chi connectivity index (χ0) is 60.4. The summed E-state index contributed by atoms with van der Waals surface area (Å²) in [4.78, 5) is 0. The van der Waals surface area contributed by atoms with Crippen LogP contribution in [0.25, 0.3) is 10.8 Å². The molecule has 0 N–H and O–H groups in total. The highest BCUT2D eigenvalue weighted by atomic mass is 16.8. The van der Waals surface area contributed by atoms with Gasteiger partial charge in [-0.05, 0) is 33.5 Å². The van der Waals surface area contributed by atoms with Crippen LogP contribution in [0.1, 0.15) is 57.8 Å². The van der Waals surface area contributed by atoms with Crippen molar-refractivity contribution in [2.45, 2.75) is 131 Å². The van der Waals surface area contributed by atoms with Crippen molar-refractivity contribution in [2.75, 3.05) is 33.5 Å². The molecule has 0 radical (unpaired) electrons. The van der Waals surface area contributed by atoms with Crippen LogP contribution < -0.4 is 0 Å². The smallest absolute Gasteiger partial charge is 0.187 e. The van der Waals surface area contributed by atoms with Gasteiger partial charge in [0.1, 0.15) is 79.9 Å². The number of ether oxygens (including phenoxy) is 16. The van der Waals surface area contributed by atoms with Crippen LogP contribution >= 0.6 is 0 Å². The second kappa shape index (κ2) is 29.0.